The zero-order valence-electron chi connectivity index (χ0n) is 6.99. The molecule has 11 heavy (non-hydrogen) atoms. The van der Waals surface area contributed by atoms with Gasteiger partial charge in [0.2, 0.25) is 0 Å². The second-order valence-electron chi connectivity index (χ2n) is 2.75. The molecule has 0 bridgehead atoms. The van der Waals surface area contributed by atoms with E-state index in [1.807, 2.05) is 20.0 Å². The van der Waals surface area contributed by atoms with Gasteiger partial charge in [0.1, 0.15) is 0 Å². The zero-order valence-corrected chi connectivity index (χ0v) is 6.99. The highest BCUT2D eigenvalue weighted by atomic mass is 15.4. The largest absolute Gasteiger partial charge is 0.328 e. The summed E-state index contributed by atoms with van der Waals surface area (Å²) < 4.78 is 1.80. The Morgan fingerprint density at radius 1 is 1.73 bits per heavy atom. The van der Waals surface area contributed by atoms with Crippen LogP contribution in [0.25, 0.3) is 0 Å². The van der Waals surface area contributed by atoms with Crippen molar-refractivity contribution in [1.29, 1.82) is 0 Å². The summed E-state index contributed by atoms with van der Waals surface area (Å²) in [7, 11) is 0. The van der Waals surface area contributed by atoms with Crippen molar-refractivity contribution in [2.75, 3.05) is 0 Å². The SMILES string of the molecule is CCn1cc(C[C@H](C)N)nn1. The molecule has 4 nitrogen and oxygen atoms in total. The molecule has 0 aliphatic carbocycles. The van der Waals surface area contributed by atoms with E-state index in [4.69, 9.17) is 5.73 Å². The Bertz CT molecular complexity index is 216. The van der Waals surface area contributed by atoms with Crippen molar-refractivity contribution >= 4 is 0 Å². The maximum Gasteiger partial charge on any atom is 0.0842 e. The fourth-order valence-corrected chi connectivity index (χ4v) is 0.916. The summed E-state index contributed by atoms with van der Waals surface area (Å²) in [5, 5.41) is 7.86. The van der Waals surface area contributed by atoms with Crippen molar-refractivity contribution in [2.45, 2.75) is 32.9 Å². The van der Waals surface area contributed by atoms with Crippen LogP contribution in [0.5, 0.6) is 0 Å². The number of nitrogens with zero attached hydrogens (tertiary/aromatic N) is 3. The molecule has 0 aliphatic heterocycles. The first-order valence-corrected chi connectivity index (χ1v) is 3.87. The van der Waals surface area contributed by atoms with Crippen molar-refractivity contribution in [3.8, 4) is 0 Å². The Morgan fingerprint density at radius 3 is 2.91 bits per heavy atom. The normalized spacial score (nSPS) is 13.4. The van der Waals surface area contributed by atoms with Gasteiger partial charge in [-0.3, -0.25) is 4.68 Å². The number of aryl methyl sites for hydroxylation is 1. The lowest BCUT2D eigenvalue weighted by Crippen LogP contribution is -2.17. The predicted octanol–water partition coefficient (Wildman–Crippen LogP) is 0.188. The lowest BCUT2D eigenvalue weighted by molar-refractivity contribution is 0.626. The molecular weight excluding hydrogens is 140 g/mol. The monoisotopic (exact) mass is 154 g/mol. The summed E-state index contributed by atoms with van der Waals surface area (Å²) in [5.41, 5.74) is 6.57. The third kappa shape index (κ3) is 2.31. The van der Waals surface area contributed by atoms with Gasteiger partial charge in [-0.2, -0.15) is 0 Å². The van der Waals surface area contributed by atoms with E-state index in [0.717, 1.165) is 18.7 Å². The Labute approximate surface area is 66.4 Å². The Balaban J connectivity index is 2.58. The summed E-state index contributed by atoms with van der Waals surface area (Å²) in [4.78, 5) is 0. The van der Waals surface area contributed by atoms with Crippen LogP contribution in [0, 0.1) is 0 Å². The molecule has 0 radical (unpaired) electrons. The van der Waals surface area contributed by atoms with Gasteiger partial charge in [0, 0.05) is 25.2 Å². The molecule has 0 saturated heterocycles. The molecule has 0 spiro atoms. The second-order valence-corrected chi connectivity index (χ2v) is 2.75. The van der Waals surface area contributed by atoms with Crippen molar-refractivity contribution < 1.29 is 0 Å². The van der Waals surface area contributed by atoms with E-state index in [-0.39, 0.29) is 6.04 Å². The molecule has 1 aromatic rings. The Morgan fingerprint density at radius 2 is 2.45 bits per heavy atom. The maximum absolute atomic E-state index is 5.60. The summed E-state index contributed by atoms with van der Waals surface area (Å²) in [6, 6.07) is 0.164. The number of nitrogens with two attached hydrogens (primary N) is 1. The molecule has 1 aromatic heterocycles. The van der Waals surface area contributed by atoms with E-state index in [2.05, 4.69) is 10.3 Å². The standard InChI is InChI=1S/C7H14N4/c1-3-11-5-7(9-10-11)4-6(2)8/h5-6H,3-4,8H2,1-2H3/t6-/m0/s1. The molecule has 4 heteroatoms. The van der Waals surface area contributed by atoms with Gasteiger partial charge in [-0.05, 0) is 13.8 Å². The van der Waals surface area contributed by atoms with E-state index in [9.17, 15) is 0 Å². The van der Waals surface area contributed by atoms with Crippen LogP contribution in [-0.2, 0) is 13.0 Å². The molecule has 0 unspecified atom stereocenters. The molecule has 1 heterocycles. The van der Waals surface area contributed by atoms with Gasteiger partial charge in [0.15, 0.2) is 0 Å². The van der Waals surface area contributed by atoms with E-state index >= 15 is 0 Å². The predicted molar refractivity (Wildman–Crippen MR) is 43.0 cm³/mol. The molecule has 2 N–H and O–H groups in total. The molecule has 62 valence electrons. The number of aromatic nitrogens is 3. The minimum absolute atomic E-state index is 0.164. The van der Waals surface area contributed by atoms with Crippen LogP contribution in [0.2, 0.25) is 0 Å². The summed E-state index contributed by atoms with van der Waals surface area (Å²) in [6.07, 6.45) is 2.74. The van der Waals surface area contributed by atoms with Gasteiger partial charge in [0.25, 0.3) is 0 Å². The van der Waals surface area contributed by atoms with Gasteiger partial charge in [-0.25, -0.2) is 0 Å². The molecule has 0 amide bonds. The van der Waals surface area contributed by atoms with Crippen LogP contribution >= 0.6 is 0 Å². The first-order chi connectivity index (χ1) is 5.22. The minimum Gasteiger partial charge on any atom is -0.328 e. The third-order valence-electron chi connectivity index (χ3n) is 1.44. The second kappa shape index (κ2) is 3.48. The Hall–Kier alpha value is -0.900. The fourth-order valence-electron chi connectivity index (χ4n) is 0.916. The van der Waals surface area contributed by atoms with Gasteiger partial charge in [0.05, 0.1) is 5.69 Å². The average Bonchev–Trinajstić information content (AvgIpc) is 2.34. The van der Waals surface area contributed by atoms with Gasteiger partial charge >= 0.3 is 0 Å². The summed E-state index contributed by atoms with van der Waals surface area (Å²) >= 11 is 0. The highest BCUT2D eigenvalue weighted by molar-refractivity contribution is 4.94. The van der Waals surface area contributed by atoms with Crippen LogP contribution in [0.4, 0.5) is 0 Å². The summed E-state index contributed by atoms with van der Waals surface area (Å²) in [6.45, 7) is 4.86. The van der Waals surface area contributed by atoms with Crippen LogP contribution in [0.15, 0.2) is 6.20 Å². The number of hydrogen-bond donors (Lipinski definition) is 1. The minimum atomic E-state index is 0.164. The van der Waals surface area contributed by atoms with Gasteiger partial charge in [-0.1, -0.05) is 5.21 Å². The molecule has 1 atom stereocenters. The summed E-state index contributed by atoms with van der Waals surface area (Å²) in [5.74, 6) is 0. The highest BCUT2D eigenvalue weighted by Gasteiger charge is 2.01. The van der Waals surface area contributed by atoms with Gasteiger partial charge in [-0.15, -0.1) is 5.10 Å². The molecule has 0 fully saturated rings. The lowest BCUT2D eigenvalue weighted by Gasteiger charge is -1.98. The topological polar surface area (TPSA) is 56.7 Å². The lowest BCUT2D eigenvalue weighted by atomic mass is 10.2. The van der Waals surface area contributed by atoms with Crippen molar-refractivity contribution in [3.63, 3.8) is 0 Å². The molecular formula is C7H14N4. The highest BCUT2D eigenvalue weighted by Crippen LogP contribution is 1.96. The quantitative estimate of drug-likeness (QED) is 0.676. The van der Waals surface area contributed by atoms with Crippen molar-refractivity contribution in [3.05, 3.63) is 11.9 Å². The first-order valence-electron chi connectivity index (χ1n) is 3.87. The van der Waals surface area contributed by atoms with E-state index in [1.165, 1.54) is 0 Å². The van der Waals surface area contributed by atoms with Crippen LogP contribution in [0.1, 0.15) is 19.5 Å². The number of hydrogen-bond acceptors (Lipinski definition) is 3. The first kappa shape index (κ1) is 8.20. The molecule has 0 saturated carbocycles. The van der Waals surface area contributed by atoms with Crippen molar-refractivity contribution in [1.82, 2.24) is 15.0 Å². The van der Waals surface area contributed by atoms with Crippen LogP contribution < -0.4 is 5.73 Å². The van der Waals surface area contributed by atoms with E-state index < -0.39 is 0 Å². The van der Waals surface area contributed by atoms with Crippen LogP contribution in [-0.4, -0.2) is 21.0 Å². The molecule has 0 aliphatic rings. The van der Waals surface area contributed by atoms with Crippen LogP contribution in [0.3, 0.4) is 0 Å². The molecule has 1 rings (SSSR count). The number of rotatable bonds is 3. The molecule has 0 aromatic carbocycles. The maximum atomic E-state index is 5.60. The average molecular weight is 154 g/mol. The van der Waals surface area contributed by atoms with E-state index in [0.29, 0.717) is 0 Å². The van der Waals surface area contributed by atoms with Gasteiger partial charge < -0.3 is 5.73 Å². The zero-order chi connectivity index (χ0) is 8.27. The van der Waals surface area contributed by atoms with E-state index in [1.54, 1.807) is 4.68 Å². The fraction of sp³-hybridized carbons (Fsp3) is 0.714. The third-order valence-corrected chi connectivity index (χ3v) is 1.44. The smallest absolute Gasteiger partial charge is 0.0842 e. The van der Waals surface area contributed by atoms with Crippen molar-refractivity contribution in [2.24, 2.45) is 5.73 Å². The Kier molecular flexibility index (Phi) is 2.59.